The van der Waals surface area contributed by atoms with Gasteiger partial charge in [-0.2, -0.15) is 5.26 Å². The molecule has 0 amide bonds. The van der Waals surface area contributed by atoms with E-state index in [0.29, 0.717) is 28.3 Å². The van der Waals surface area contributed by atoms with Crippen molar-refractivity contribution in [1.29, 1.82) is 5.26 Å². The molecule has 0 heterocycles. The molecule has 0 aliphatic rings. The quantitative estimate of drug-likeness (QED) is 0.620. The van der Waals surface area contributed by atoms with E-state index in [-0.39, 0.29) is 16.5 Å². The van der Waals surface area contributed by atoms with Crippen molar-refractivity contribution in [2.24, 2.45) is 0 Å². The van der Waals surface area contributed by atoms with Crippen LogP contribution in [0.4, 0.5) is 0 Å². The van der Waals surface area contributed by atoms with Crippen LogP contribution < -0.4 is 4.74 Å². The second-order valence-electron chi connectivity index (χ2n) is 4.46. The fourth-order valence-electron chi connectivity index (χ4n) is 1.95. The predicted molar refractivity (Wildman–Crippen MR) is 89.2 cm³/mol. The number of aromatic hydroxyl groups is 1. The van der Waals surface area contributed by atoms with Crippen LogP contribution in [0.3, 0.4) is 0 Å². The van der Waals surface area contributed by atoms with Crippen molar-refractivity contribution in [2.45, 2.75) is 6.92 Å². The number of ether oxygens (including phenoxy) is 1. The molecule has 0 bridgehead atoms. The minimum atomic E-state index is -0.109. The van der Waals surface area contributed by atoms with Gasteiger partial charge in [-0.25, -0.2) is 0 Å². The van der Waals surface area contributed by atoms with Crippen molar-refractivity contribution < 1.29 is 9.84 Å². The molecular formula is C17H13Cl2NO2. The average Bonchev–Trinajstić information content (AvgIpc) is 2.50. The largest absolute Gasteiger partial charge is 0.503 e. The Morgan fingerprint density at radius 1 is 1.32 bits per heavy atom. The summed E-state index contributed by atoms with van der Waals surface area (Å²) in [6.45, 7) is 2.21. The molecule has 5 heteroatoms. The number of nitriles is 1. The molecule has 0 saturated carbocycles. The van der Waals surface area contributed by atoms with E-state index in [1.54, 1.807) is 42.5 Å². The number of allylic oxidation sites excluding steroid dienone is 1. The Morgan fingerprint density at radius 3 is 2.73 bits per heavy atom. The Bertz CT molecular complexity index is 764. The van der Waals surface area contributed by atoms with Crippen LogP contribution in [0, 0.1) is 11.3 Å². The Kier molecular flexibility index (Phi) is 5.32. The van der Waals surface area contributed by atoms with E-state index >= 15 is 0 Å². The number of halogens is 2. The molecule has 3 nitrogen and oxygen atoms in total. The lowest BCUT2D eigenvalue weighted by atomic mass is 10.0. The molecule has 0 saturated heterocycles. The highest BCUT2D eigenvalue weighted by Gasteiger charge is 2.10. The SMILES string of the molecule is CCOc1cc(/C=C(/C#N)c2cccc(Cl)c2)cc(Cl)c1O. The first kappa shape index (κ1) is 16.2. The zero-order valence-electron chi connectivity index (χ0n) is 11.8. The number of phenols is 1. The molecule has 2 aromatic carbocycles. The molecule has 2 aromatic rings. The Morgan fingerprint density at radius 2 is 2.09 bits per heavy atom. The number of nitrogens with zero attached hydrogens (tertiary/aromatic N) is 1. The van der Waals surface area contributed by atoms with Gasteiger partial charge in [-0.15, -0.1) is 0 Å². The first-order valence-corrected chi connectivity index (χ1v) is 7.33. The minimum absolute atomic E-state index is 0.109. The number of phenolic OH excluding ortho intramolecular Hbond substituents is 1. The molecule has 112 valence electrons. The standard InChI is InChI=1S/C17H13Cl2NO2/c1-2-22-16-8-11(7-15(19)17(16)21)6-13(10-20)12-4-3-5-14(18)9-12/h3-9,21H,2H2,1H3/b13-6-. The maximum Gasteiger partial charge on any atom is 0.176 e. The van der Waals surface area contributed by atoms with Gasteiger partial charge in [0, 0.05) is 5.02 Å². The van der Waals surface area contributed by atoms with Crippen LogP contribution in [0.1, 0.15) is 18.1 Å². The van der Waals surface area contributed by atoms with Crippen molar-refractivity contribution in [3.05, 3.63) is 57.6 Å². The van der Waals surface area contributed by atoms with Crippen LogP contribution in [-0.2, 0) is 0 Å². The van der Waals surface area contributed by atoms with Gasteiger partial charge < -0.3 is 9.84 Å². The summed E-state index contributed by atoms with van der Waals surface area (Å²) in [5, 5.41) is 19.9. The first-order valence-electron chi connectivity index (χ1n) is 6.58. The van der Waals surface area contributed by atoms with Gasteiger partial charge in [0.25, 0.3) is 0 Å². The summed E-state index contributed by atoms with van der Waals surface area (Å²) in [6.07, 6.45) is 1.67. The van der Waals surface area contributed by atoms with E-state index < -0.39 is 0 Å². The van der Waals surface area contributed by atoms with Gasteiger partial charge in [0.15, 0.2) is 11.5 Å². The van der Waals surface area contributed by atoms with Crippen LogP contribution in [0.25, 0.3) is 11.6 Å². The summed E-state index contributed by atoms with van der Waals surface area (Å²) < 4.78 is 5.33. The molecule has 0 radical (unpaired) electrons. The summed E-state index contributed by atoms with van der Waals surface area (Å²) >= 11 is 11.9. The lowest BCUT2D eigenvalue weighted by molar-refractivity contribution is 0.318. The van der Waals surface area contributed by atoms with E-state index in [2.05, 4.69) is 6.07 Å². The molecule has 0 unspecified atom stereocenters. The number of benzene rings is 2. The van der Waals surface area contributed by atoms with E-state index in [0.717, 1.165) is 0 Å². The van der Waals surface area contributed by atoms with Crippen LogP contribution >= 0.6 is 23.2 Å². The van der Waals surface area contributed by atoms with Gasteiger partial charge in [0.05, 0.1) is 23.3 Å². The first-order chi connectivity index (χ1) is 10.5. The maximum absolute atomic E-state index is 9.84. The molecule has 1 N–H and O–H groups in total. The lowest BCUT2D eigenvalue weighted by Crippen LogP contribution is -1.93. The number of hydrogen-bond acceptors (Lipinski definition) is 3. The Hall–Kier alpha value is -2.15. The average molecular weight is 334 g/mol. The summed E-state index contributed by atoms with van der Waals surface area (Å²) in [5.41, 5.74) is 1.80. The van der Waals surface area contributed by atoms with Crippen molar-refractivity contribution in [3.8, 4) is 17.6 Å². The highest BCUT2D eigenvalue weighted by molar-refractivity contribution is 6.32. The number of rotatable bonds is 4. The highest BCUT2D eigenvalue weighted by Crippen LogP contribution is 2.36. The normalized spacial score (nSPS) is 11.1. The number of hydrogen-bond donors (Lipinski definition) is 1. The monoisotopic (exact) mass is 333 g/mol. The molecule has 0 aliphatic carbocycles. The van der Waals surface area contributed by atoms with Gasteiger partial charge in [0.1, 0.15) is 0 Å². The van der Waals surface area contributed by atoms with Gasteiger partial charge in [0.2, 0.25) is 0 Å². The van der Waals surface area contributed by atoms with Crippen LogP contribution in [0.5, 0.6) is 11.5 Å². The maximum atomic E-state index is 9.84. The molecule has 0 atom stereocenters. The molecule has 2 rings (SSSR count). The summed E-state index contributed by atoms with van der Waals surface area (Å²) in [6, 6.07) is 12.4. The van der Waals surface area contributed by atoms with Crippen LogP contribution in [0.15, 0.2) is 36.4 Å². The zero-order valence-corrected chi connectivity index (χ0v) is 13.3. The van der Waals surface area contributed by atoms with Gasteiger partial charge in [-0.05, 0) is 48.4 Å². The summed E-state index contributed by atoms with van der Waals surface area (Å²) in [7, 11) is 0. The third-order valence-corrected chi connectivity index (χ3v) is 3.44. The molecule has 0 aliphatic heterocycles. The molecule has 22 heavy (non-hydrogen) atoms. The topological polar surface area (TPSA) is 53.2 Å². The lowest BCUT2D eigenvalue weighted by Gasteiger charge is -2.09. The second kappa shape index (κ2) is 7.22. The highest BCUT2D eigenvalue weighted by atomic mass is 35.5. The molecule has 0 spiro atoms. The third kappa shape index (κ3) is 3.73. The molecule has 0 aromatic heterocycles. The smallest absolute Gasteiger partial charge is 0.176 e. The van der Waals surface area contributed by atoms with Crippen molar-refractivity contribution >= 4 is 34.9 Å². The fraction of sp³-hybridized carbons (Fsp3) is 0.118. The Balaban J connectivity index is 2.48. The molecule has 0 fully saturated rings. The van der Waals surface area contributed by atoms with E-state index in [1.807, 2.05) is 6.92 Å². The third-order valence-electron chi connectivity index (χ3n) is 2.92. The molecular weight excluding hydrogens is 321 g/mol. The van der Waals surface area contributed by atoms with Crippen molar-refractivity contribution in [2.75, 3.05) is 6.61 Å². The minimum Gasteiger partial charge on any atom is -0.503 e. The van der Waals surface area contributed by atoms with Gasteiger partial charge >= 0.3 is 0 Å². The second-order valence-corrected chi connectivity index (χ2v) is 5.31. The summed E-state index contributed by atoms with van der Waals surface area (Å²) in [4.78, 5) is 0. The van der Waals surface area contributed by atoms with Crippen molar-refractivity contribution in [1.82, 2.24) is 0 Å². The van der Waals surface area contributed by atoms with E-state index in [4.69, 9.17) is 27.9 Å². The van der Waals surface area contributed by atoms with Crippen LogP contribution in [0.2, 0.25) is 10.0 Å². The van der Waals surface area contributed by atoms with Crippen LogP contribution in [-0.4, -0.2) is 11.7 Å². The zero-order chi connectivity index (χ0) is 16.1. The van der Waals surface area contributed by atoms with Gasteiger partial charge in [-0.1, -0.05) is 35.3 Å². The van der Waals surface area contributed by atoms with Gasteiger partial charge in [-0.3, -0.25) is 0 Å². The Labute approximate surface area is 139 Å². The van der Waals surface area contributed by atoms with E-state index in [9.17, 15) is 10.4 Å². The van der Waals surface area contributed by atoms with Crippen molar-refractivity contribution in [3.63, 3.8) is 0 Å². The summed E-state index contributed by atoms with van der Waals surface area (Å²) in [5.74, 6) is 0.173. The van der Waals surface area contributed by atoms with E-state index in [1.165, 1.54) is 0 Å². The predicted octanol–water partition coefficient (Wildman–Crippen LogP) is 5.16. The fourth-order valence-corrected chi connectivity index (χ4v) is 2.35.